The van der Waals surface area contributed by atoms with Crippen molar-refractivity contribution in [3.8, 4) is 0 Å². The third-order valence-electron chi connectivity index (χ3n) is 5.56. The van der Waals surface area contributed by atoms with Crippen LogP contribution in [0.3, 0.4) is 0 Å². The van der Waals surface area contributed by atoms with Gasteiger partial charge in [0.1, 0.15) is 0 Å². The van der Waals surface area contributed by atoms with Gasteiger partial charge in [-0.05, 0) is 30.6 Å². The second-order valence-corrected chi connectivity index (χ2v) is 7.93. The average Bonchev–Trinajstić information content (AvgIpc) is 2.63. The molecular weight excluding hydrogens is 226 g/mol. The number of sulfonamides is 1. The third-order valence-corrected chi connectivity index (χ3v) is 7.42. The summed E-state index contributed by atoms with van der Waals surface area (Å²) in [6.07, 6.45) is 3.46. The number of nitrogens with zero attached hydrogens (tertiary/aromatic N) is 1. The van der Waals surface area contributed by atoms with E-state index in [0.29, 0.717) is 12.3 Å². The van der Waals surface area contributed by atoms with E-state index >= 15 is 0 Å². The van der Waals surface area contributed by atoms with Crippen molar-refractivity contribution in [1.29, 1.82) is 0 Å². The Morgan fingerprint density at radius 2 is 2.06 bits per heavy atom. The topological polar surface area (TPSA) is 54.5 Å². The molecule has 1 heterocycles. The van der Waals surface area contributed by atoms with Crippen molar-refractivity contribution in [1.82, 2.24) is 4.31 Å². The summed E-state index contributed by atoms with van der Waals surface area (Å²) >= 11 is 0. The fourth-order valence-corrected chi connectivity index (χ4v) is 6.78. The number of hydrogen-bond acceptors (Lipinski definition) is 3. The minimum absolute atomic E-state index is 0.0580. The molecule has 1 spiro atoms. The lowest BCUT2D eigenvalue weighted by Gasteiger charge is -2.36. The first-order valence-corrected chi connectivity index (χ1v) is 7.43. The minimum Gasteiger partial charge on any atom is -0.278 e. The van der Waals surface area contributed by atoms with Crippen molar-refractivity contribution in [2.24, 2.45) is 16.7 Å². The summed E-state index contributed by atoms with van der Waals surface area (Å²) in [6.45, 7) is 4.35. The number of fused-ring (bicyclic) bond motifs is 1. The summed E-state index contributed by atoms with van der Waals surface area (Å²) < 4.78 is 25.0. The molecule has 0 N–H and O–H groups in total. The smallest absolute Gasteiger partial charge is 0.238 e. The molecule has 3 aliphatic rings. The molecule has 4 nitrogen and oxygen atoms in total. The molecule has 1 amide bonds. The summed E-state index contributed by atoms with van der Waals surface area (Å²) in [5.41, 5.74) is -0.111. The maximum atomic E-state index is 12.0. The first kappa shape index (κ1) is 10.6. The fraction of sp³-hybridized carbons (Fsp3) is 0.909. The van der Waals surface area contributed by atoms with Crippen LogP contribution in [0.15, 0.2) is 0 Å². The van der Waals surface area contributed by atoms with E-state index in [1.165, 1.54) is 0 Å². The van der Waals surface area contributed by atoms with Crippen molar-refractivity contribution >= 4 is 16.4 Å². The standard InChI is InChI=1S/C11H17NO3S/c1-10(2)8-3-4-11(10)6-16(14,15)12(7-13)9(11)5-8/h7-9H,3-6H2,1-2H3. The molecule has 90 valence electrons. The second-order valence-electron chi connectivity index (χ2n) is 6.06. The van der Waals surface area contributed by atoms with Crippen LogP contribution in [0.5, 0.6) is 0 Å². The summed E-state index contributed by atoms with van der Waals surface area (Å²) in [5.74, 6) is 0.753. The molecule has 1 aliphatic heterocycles. The lowest BCUT2D eigenvalue weighted by atomic mass is 9.69. The zero-order valence-corrected chi connectivity index (χ0v) is 10.5. The molecule has 0 aromatic rings. The molecule has 2 bridgehead atoms. The first-order valence-electron chi connectivity index (χ1n) is 5.82. The Morgan fingerprint density at radius 1 is 1.38 bits per heavy atom. The van der Waals surface area contributed by atoms with Crippen LogP contribution in [0.2, 0.25) is 0 Å². The van der Waals surface area contributed by atoms with E-state index in [0.717, 1.165) is 23.6 Å². The van der Waals surface area contributed by atoms with Crippen LogP contribution < -0.4 is 0 Å². The Morgan fingerprint density at radius 3 is 2.62 bits per heavy atom. The molecule has 3 fully saturated rings. The second kappa shape index (κ2) is 2.63. The van der Waals surface area contributed by atoms with Gasteiger partial charge in [-0.15, -0.1) is 0 Å². The zero-order valence-electron chi connectivity index (χ0n) is 9.64. The Kier molecular flexibility index (Phi) is 1.74. The number of hydrogen-bond donors (Lipinski definition) is 0. The maximum absolute atomic E-state index is 12.0. The van der Waals surface area contributed by atoms with Gasteiger partial charge in [0.05, 0.1) is 11.8 Å². The van der Waals surface area contributed by atoms with Crippen LogP contribution in [0, 0.1) is 16.7 Å². The van der Waals surface area contributed by atoms with E-state index in [4.69, 9.17) is 0 Å². The number of carbonyl (C=O) groups excluding carboxylic acids is 1. The van der Waals surface area contributed by atoms with Crippen molar-refractivity contribution in [2.45, 2.75) is 39.2 Å². The highest BCUT2D eigenvalue weighted by atomic mass is 32.2. The molecule has 1 saturated heterocycles. The molecule has 16 heavy (non-hydrogen) atoms. The number of carbonyl (C=O) groups is 1. The zero-order chi connectivity index (χ0) is 11.8. The van der Waals surface area contributed by atoms with E-state index in [-0.39, 0.29) is 22.6 Å². The predicted molar refractivity (Wildman–Crippen MR) is 59.0 cm³/mol. The monoisotopic (exact) mass is 243 g/mol. The van der Waals surface area contributed by atoms with Crippen molar-refractivity contribution < 1.29 is 13.2 Å². The number of amides is 1. The van der Waals surface area contributed by atoms with Gasteiger partial charge in [-0.2, -0.15) is 0 Å². The largest absolute Gasteiger partial charge is 0.278 e. The normalized spacial score (nSPS) is 47.0. The SMILES string of the molecule is CC1(C)C2CCC13CS(=O)(=O)N(C=O)C3C2. The quantitative estimate of drug-likeness (QED) is 0.645. The van der Waals surface area contributed by atoms with E-state index in [2.05, 4.69) is 13.8 Å². The van der Waals surface area contributed by atoms with Crippen molar-refractivity contribution in [3.05, 3.63) is 0 Å². The van der Waals surface area contributed by atoms with Gasteiger partial charge in [-0.25, -0.2) is 12.7 Å². The first-order chi connectivity index (χ1) is 7.35. The third kappa shape index (κ3) is 0.883. The van der Waals surface area contributed by atoms with E-state index in [9.17, 15) is 13.2 Å². The maximum Gasteiger partial charge on any atom is 0.238 e. The Hall–Kier alpha value is -0.580. The van der Waals surface area contributed by atoms with Crippen LogP contribution >= 0.6 is 0 Å². The highest BCUT2D eigenvalue weighted by Gasteiger charge is 2.71. The molecule has 5 heteroatoms. The summed E-state index contributed by atoms with van der Waals surface area (Å²) in [4.78, 5) is 11.0. The summed E-state index contributed by atoms with van der Waals surface area (Å²) in [7, 11) is -3.35. The van der Waals surface area contributed by atoms with Gasteiger partial charge >= 0.3 is 0 Å². The van der Waals surface area contributed by atoms with Crippen molar-refractivity contribution in [2.75, 3.05) is 5.75 Å². The lowest BCUT2D eigenvalue weighted by molar-refractivity contribution is -0.116. The van der Waals surface area contributed by atoms with Gasteiger partial charge in [0.25, 0.3) is 0 Å². The van der Waals surface area contributed by atoms with Gasteiger partial charge in [0.15, 0.2) is 0 Å². The summed E-state index contributed by atoms with van der Waals surface area (Å²) in [5, 5.41) is 0. The lowest BCUT2D eigenvalue weighted by Crippen LogP contribution is -2.41. The van der Waals surface area contributed by atoms with Crippen LogP contribution in [-0.4, -0.2) is 30.9 Å². The molecule has 3 unspecified atom stereocenters. The van der Waals surface area contributed by atoms with Gasteiger partial charge in [0, 0.05) is 5.41 Å². The van der Waals surface area contributed by atoms with Crippen LogP contribution in [0.1, 0.15) is 33.1 Å². The van der Waals surface area contributed by atoms with Gasteiger partial charge < -0.3 is 0 Å². The highest BCUT2D eigenvalue weighted by Crippen LogP contribution is 2.69. The van der Waals surface area contributed by atoms with Gasteiger partial charge in [-0.1, -0.05) is 13.8 Å². The van der Waals surface area contributed by atoms with E-state index < -0.39 is 10.0 Å². The molecule has 2 aliphatic carbocycles. The Balaban J connectivity index is 2.16. The van der Waals surface area contributed by atoms with E-state index in [1.807, 2.05) is 0 Å². The minimum atomic E-state index is -3.35. The van der Waals surface area contributed by atoms with Crippen LogP contribution in [-0.2, 0) is 14.8 Å². The molecule has 2 saturated carbocycles. The molecule has 3 atom stereocenters. The Bertz CT molecular complexity index is 456. The molecule has 0 radical (unpaired) electrons. The molecule has 0 aromatic carbocycles. The highest BCUT2D eigenvalue weighted by molar-refractivity contribution is 7.89. The van der Waals surface area contributed by atoms with Crippen LogP contribution in [0.4, 0.5) is 0 Å². The van der Waals surface area contributed by atoms with Crippen LogP contribution in [0.25, 0.3) is 0 Å². The Labute approximate surface area is 96.1 Å². The number of rotatable bonds is 1. The summed E-state index contributed by atoms with van der Waals surface area (Å²) in [6, 6.07) is -0.0660. The predicted octanol–water partition coefficient (Wildman–Crippen LogP) is 0.983. The van der Waals surface area contributed by atoms with Crippen molar-refractivity contribution in [3.63, 3.8) is 0 Å². The van der Waals surface area contributed by atoms with E-state index in [1.54, 1.807) is 0 Å². The molecular formula is C11H17NO3S. The molecule has 0 aromatic heterocycles. The fourth-order valence-electron chi connectivity index (χ4n) is 4.46. The average molecular weight is 243 g/mol. The molecule has 3 rings (SSSR count). The van der Waals surface area contributed by atoms with Gasteiger partial charge in [-0.3, -0.25) is 4.79 Å². The van der Waals surface area contributed by atoms with Gasteiger partial charge in [0.2, 0.25) is 16.4 Å².